The zero-order chi connectivity index (χ0) is 23.0. The van der Waals surface area contributed by atoms with Crippen molar-refractivity contribution < 1.29 is 26.7 Å². The van der Waals surface area contributed by atoms with Gasteiger partial charge in [0.1, 0.15) is 17.2 Å². The molecule has 2 aliphatic rings. The second kappa shape index (κ2) is 8.64. The first kappa shape index (κ1) is 22.4. The number of anilines is 1. The van der Waals surface area contributed by atoms with Gasteiger partial charge in [0.25, 0.3) is 5.91 Å². The van der Waals surface area contributed by atoms with E-state index >= 15 is 0 Å². The molecule has 0 aliphatic heterocycles. The highest BCUT2D eigenvalue weighted by molar-refractivity contribution is 6.05. The molecule has 8 heteroatoms. The SMILES string of the molecule is CCc1cc(C2=C(C(F)(F)F)CC3CCCC3C2)ncc1NC(=O)c1c(F)cccc1F. The maximum Gasteiger partial charge on any atom is 0.413 e. The summed E-state index contributed by atoms with van der Waals surface area (Å²) in [5, 5.41) is 2.45. The molecule has 1 saturated carbocycles. The van der Waals surface area contributed by atoms with Crippen LogP contribution in [0.15, 0.2) is 36.0 Å². The summed E-state index contributed by atoms with van der Waals surface area (Å²) in [5.74, 6) is -2.69. The number of nitrogens with zero attached hydrogens (tertiary/aromatic N) is 1. The average molecular weight is 450 g/mol. The van der Waals surface area contributed by atoms with Gasteiger partial charge in [-0.05, 0) is 73.3 Å². The lowest BCUT2D eigenvalue weighted by Crippen LogP contribution is -2.25. The van der Waals surface area contributed by atoms with Crippen LogP contribution in [0.2, 0.25) is 0 Å². The molecule has 1 aromatic carbocycles. The van der Waals surface area contributed by atoms with Crippen LogP contribution in [0.25, 0.3) is 5.57 Å². The third kappa shape index (κ3) is 4.27. The maximum atomic E-state index is 13.9. The first-order valence-corrected chi connectivity index (χ1v) is 10.7. The Balaban J connectivity index is 1.68. The standard InChI is InChI=1S/C24H23F5N2O/c1-2-13-11-20(16-9-14-5-3-6-15(14)10-17(16)24(27,28)29)30-12-21(13)31-23(32)22-18(25)7-4-8-19(22)26/h4,7-8,11-12,14-15H,2-3,5-6,9-10H2,1H3,(H,31,32). The zero-order valence-corrected chi connectivity index (χ0v) is 17.5. The monoisotopic (exact) mass is 450 g/mol. The Hall–Kier alpha value is -2.77. The van der Waals surface area contributed by atoms with Crippen LogP contribution in [0.3, 0.4) is 0 Å². The van der Waals surface area contributed by atoms with Gasteiger partial charge in [0.2, 0.25) is 0 Å². The third-order valence-electron chi connectivity index (χ3n) is 6.57. The van der Waals surface area contributed by atoms with Crippen molar-refractivity contribution in [3.8, 4) is 0 Å². The molecule has 0 saturated heterocycles. The number of aryl methyl sites for hydroxylation is 1. The zero-order valence-electron chi connectivity index (χ0n) is 17.5. The summed E-state index contributed by atoms with van der Waals surface area (Å²) in [5.41, 5.74) is -0.0149. The fourth-order valence-corrected chi connectivity index (χ4v) is 4.93. The highest BCUT2D eigenvalue weighted by Gasteiger charge is 2.44. The van der Waals surface area contributed by atoms with Gasteiger partial charge in [-0.2, -0.15) is 13.2 Å². The first-order chi connectivity index (χ1) is 15.2. The number of carbonyl (C=O) groups is 1. The molecule has 1 amide bonds. The number of halogens is 5. The Morgan fingerprint density at radius 2 is 1.78 bits per heavy atom. The van der Waals surface area contributed by atoms with Crippen molar-refractivity contribution in [1.29, 1.82) is 0 Å². The molecule has 1 fully saturated rings. The van der Waals surface area contributed by atoms with E-state index in [9.17, 15) is 26.7 Å². The highest BCUT2D eigenvalue weighted by atomic mass is 19.4. The van der Waals surface area contributed by atoms with Crippen LogP contribution in [0.4, 0.5) is 27.6 Å². The molecule has 32 heavy (non-hydrogen) atoms. The van der Waals surface area contributed by atoms with Crippen LogP contribution < -0.4 is 5.32 Å². The second-order valence-corrected chi connectivity index (χ2v) is 8.45. The number of nitrogens with one attached hydrogen (secondary N) is 1. The van der Waals surface area contributed by atoms with Gasteiger partial charge in [0, 0.05) is 5.57 Å². The number of hydrogen-bond donors (Lipinski definition) is 1. The van der Waals surface area contributed by atoms with Crippen molar-refractivity contribution in [1.82, 2.24) is 4.98 Å². The average Bonchev–Trinajstić information content (AvgIpc) is 3.20. The summed E-state index contributed by atoms with van der Waals surface area (Å²) in [4.78, 5) is 16.7. The topological polar surface area (TPSA) is 42.0 Å². The summed E-state index contributed by atoms with van der Waals surface area (Å²) >= 11 is 0. The largest absolute Gasteiger partial charge is 0.413 e. The van der Waals surface area contributed by atoms with Crippen LogP contribution in [0, 0.1) is 23.5 Å². The fourth-order valence-electron chi connectivity index (χ4n) is 4.93. The molecule has 0 bridgehead atoms. The summed E-state index contributed by atoms with van der Waals surface area (Å²) in [6.07, 6.45) is 0.272. The number of carbonyl (C=O) groups excluding carboxylic acids is 1. The molecule has 1 heterocycles. The Morgan fingerprint density at radius 3 is 2.41 bits per heavy atom. The number of allylic oxidation sites excluding steroid dienone is 2. The highest BCUT2D eigenvalue weighted by Crippen LogP contribution is 2.51. The van der Waals surface area contributed by atoms with E-state index in [1.807, 2.05) is 0 Å². The number of hydrogen-bond acceptors (Lipinski definition) is 2. The minimum absolute atomic E-state index is 0.0116. The van der Waals surface area contributed by atoms with Gasteiger partial charge in [-0.1, -0.05) is 19.4 Å². The van der Waals surface area contributed by atoms with Crippen molar-refractivity contribution in [3.63, 3.8) is 0 Å². The molecule has 2 atom stereocenters. The van der Waals surface area contributed by atoms with E-state index in [0.717, 1.165) is 37.5 Å². The van der Waals surface area contributed by atoms with Gasteiger partial charge in [0.05, 0.1) is 17.6 Å². The van der Waals surface area contributed by atoms with E-state index < -0.39 is 34.9 Å². The molecule has 2 unspecified atom stereocenters. The van der Waals surface area contributed by atoms with Gasteiger partial charge in [-0.15, -0.1) is 0 Å². The number of aromatic nitrogens is 1. The molecular formula is C24H23F5N2O. The number of benzene rings is 1. The van der Waals surface area contributed by atoms with Crippen molar-refractivity contribution in [2.45, 2.75) is 51.6 Å². The van der Waals surface area contributed by atoms with E-state index in [-0.39, 0.29) is 35.2 Å². The minimum Gasteiger partial charge on any atom is -0.320 e. The Labute approximate surface area is 182 Å². The summed E-state index contributed by atoms with van der Waals surface area (Å²) in [7, 11) is 0. The summed E-state index contributed by atoms with van der Waals surface area (Å²) < 4.78 is 69.3. The summed E-state index contributed by atoms with van der Waals surface area (Å²) in [6.45, 7) is 1.78. The lowest BCUT2D eigenvalue weighted by Gasteiger charge is -2.31. The number of alkyl halides is 3. The van der Waals surface area contributed by atoms with E-state index in [1.54, 1.807) is 13.0 Å². The van der Waals surface area contributed by atoms with Gasteiger partial charge < -0.3 is 5.32 Å². The van der Waals surface area contributed by atoms with Crippen LogP contribution in [0.5, 0.6) is 0 Å². The fraction of sp³-hybridized carbons (Fsp3) is 0.417. The normalized spacial score (nSPS) is 20.9. The molecule has 170 valence electrons. The molecule has 0 radical (unpaired) electrons. The van der Waals surface area contributed by atoms with E-state index in [1.165, 1.54) is 6.20 Å². The minimum atomic E-state index is -4.42. The molecule has 2 aliphatic carbocycles. The number of pyridine rings is 1. The second-order valence-electron chi connectivity index (χ2n) is 8.45. The van der Waals surface area contributed by atoms with Crippen molar-refractivity contribution in [2.75, 3.05) is 5.32 Å². The van der Waals surface area contributed by atoms with Gasteiger partial charge >= 0.3 is 6.18 Å². The van der Waals surface area contributed by atoms with Gasteiger partial charge in [0.15, 0.2) is 0 Å². The van der Waals surface area contributed by atoms with Gasteiger partial charge in [-0.25, -0.2) is 8.78 Å². The lowest BCUT2D eigenvalue weighted by molar-refractivity contribution is -0.0962. The van der Waals surface area contributed by atoms with E-state index in [2.05, 4.69) is 10.3 Å². The Morgan fingerprint density at radius 1 is 1.12 bits per heavy atom. The third-order valence-corrected chi connectivity index (χ3v) is 6.57. The summed E-state index contributed by atoms with van der Waals surface area (Å²) in [6, 6.07) is 4.65. The Kier molecular flexibility index (Phi) is 6.05. The molecule has 2 aromatic rings. The van der Waals surface area contributed by atoms with Crippen molar-refractivity contribution >= 4 is 17.2 Å². The molecule has 1 N–H and O–H groups in total. The number of rotatable bonds is 4. The van der Waals surface area contributed by atoms with Gasteiger partial charge in [-0.3, -0.25) is 9.78 Å². The predicted molar refractivity (Wildman–Crippen MR) is 111 cm³/mol. The van der Waals surface area contributed by atoms with Crippen LogP contribution in [-0.2, 0) is 6.42 Å². The molecular weight excluding hydrogens is 427 g/mol. The van der Waals surface area contributed by atoms with E-state index in [0.29, 0.717) is 18.4 Å². The molecule has 4 rings (SSSR count). The van der Waals surface area contributed by atoms with Crippen LogP contribution in [0.1, 0.15) is 60.6 Å². The quantitative estimate of drug-likeness (QED) is 0.527. The maximum absolute atomic E-state index is 13.9. The van der Waals surface area contributed by atoms with Crippen LogP contribution >= 0.6 is 0 Å². The lowest BCUT2D eigenvalue weighted by atomic mass is 9.76. The Bertz CT molecular complexity index is 1060. The van der Waals surface area contributed by atoms with E-state index in [4.69, 9.17) is 0 Å². The molecule has 1 aromatic heterocycles. The number of amides is 1. The predicted octanol–water partition coefficient (Wildman–Crippen LogP) is 6.70. The molecule has 0 spiro atoms. The van der Waals surface area contributed by atoms with Crippen molar-refractivity contribution in [2.24, 2.45) is 11.8 Å². The molecule has 3 nitrogen and oxygen atoms in total. The smallest absolute Gasteiger partial charge is 0.320 e. The number of fused-ring (bicyclic) bond motifs is 1. The van der Waals surface area contributed by atoms with Crippen LogP contribution in [-0.4, -0.2) is 17.1 Å². The first-order valence-electron chi connectivity index (χ1n) is 10.7. The van der Waals surface area contributed by atoms with Crippen molar-refractivity contribution in [3.05, 3.63) is 64.5 Å².